The molecule has 0 aliphatic heterocycles. The lowest BCUT2D eigenvalue weighted by Gasteiger charge is -2.33. The molecule has 1 aromatic rings. The van der Waals surface area contributed by atoms with Gasteiger partial charge in [-0.1, -0.05) is 18.5 Å². The number of halogens is 1. The van der Waals surface area contributed by atoms with Gasteiger partial charge >= 0.3 is 0 Å². The normalized spacial score (nSPS) is 28.6. The molecule has 8 heteroatoms. The predicted molar refractivity (Wildman–Crippen MR) is 81.0 cm³/mol. The predicted octanol–water partition coefficient (Wildman–Crippen LogP) is 1.02. The van der Waals surface area contributed by atoms with Gasteiger partial charge in [0.2, 0.25) is 5.95 Å². The van der Waals surface area contributed by atoms with E-state index in [9.17, 15) is 9.90 Å². The minimum absolute atomic E-state index is 0.0274. The van der Waals surface area contributed by atoms with Gasteiger partial charge in [0.05, 0.1) is 0 Å². The molecule has 21 heavy (non-hydrogen) atoms. The molecule has 1 amide bonds. The van der Waals surface area contributed by atoms with Gasteiger partial charge in [0.25, 0.3) is 5.91 Å². The van der Waals surface area contributed by atoms with Gasteiger partial charge in [-0.25, -0.2) is 4.98 Å². The van der Waals surface area contributed by atoms with Gasteiger partial charge in [0.1, 0.15) is 16.5 Å². The zero-order valence-corrected chi connectivity index (χ0v) is 12.8. The van der Waals surface area contributed by atoms with Crippen molar-refractivity contribution in [1.82, 2.24) is 9.97 Å². The van der Waals surface area contributed by atoms with E-state index in [4.69, 9.17) is 23.1 Å². The summed E-state index contributed by atoms with van der Waals surface area (Å²) >= 11 is 5.94. The number of amides is 1. The fraction of sp³-hybridized carbons (Fsp3) is 0.615. The molecule has 1 fully saturated rings. The molecule has 3 atom stereocenters. The molecule has 0 radical (unpaired) electrons. The Balaban J connectivity index is 2.38. The summed E-state index contributed by atoms with van der Waals surface area (Å²) in [6.07, 6.45) is 1.72. The molecule has 6 N–H and O–H groups in total. The van der Waals surface area contributed by atoms with Crippen LogP contribution in [0.4, 0.5) is 11.8 Å². The molecule has 1 aliphatic rings. The molecule has 3 unspecified atom stereocenters. The lowest BCUT2D eigenvalue weighted by molar-refractivity contribution is 0.100. The second-order valence-electron chi connectivity index (χ2n) is 5.77. The first-order valence-electron chi connectivity index (χ1n) is 6.80. The number of nitrogens with two attached hydrogens (primary N) is 2. The molecule has 116 valence electrons. The van der Waals surface area contributed by atoms with Crippen LogP contribution in [0.2, 0.25) is 5.15 Å². The van der Waals surface area contributed by atoms with Crippen LogP contribution in [0.3, 0.4) is 0 Å². The molecule has 1 saturated carbocycles. The molecular formula is C13H20ClN5O2. The van der Waals surface area contributed by atoms with Gasteiger partial charge in [0.15, 0.2) is 0 Å². The average Bonchev–Trinajstić information content (AvgIpc) is 2.64. The summed E-state index contributed by atoms with van der Waals surface area (Å²) in [6.45, 7) is 4.20. The molecule has 0 bridgehead atoms. The van der Waals surface area contributed by atoms with E-state index in [2.05, 4.69) is 22.2 Å². The summed E-state index contributed by atoms with van der Waals surface area (Å²) in [7, 11) is 0. The first-order valence-corrected chi connectivity index (χ1v) is 7.18. The van der Waals surface area contributed by atoms with Gasteiger partial charge in [0, 0.05) is 12.1 Å². The Kier molecular flexibility index (Phi) is 4.25. The smallest absolute Gasteiger partial charge is 0.255 e. The van der Waals surface area contributed by atoms with E-state index in [1.165, 1.54) is 0 Å². The molecule has 1 aliphatic carbocycles. The third-order valence-corrected chi connectivity index (χ3v) is 4.79. The van der Waals surface area contributed by atoms with Gasteiger partial charge in [-0.3, -0.25) is 4.79 Å². The van der Waals surface area contributed by atoms with Crippen molar-refractivity contribution in [3.63, 3.8) is 0 Å². The summed E-state index contributed by atoms with van der Waals surface area (Å²) in [4.78, 5) is 19.4. The number of aromatic nitrogens is 2. The number of primary amides is 1. The highest BCUT2D eigenvalue weighted by molar-refractivity contribution is 6.33. The Hall–Kier alpha value is -1.60. The van der Waals surface area contributed by atoms with Crippen LogP contribution in [-0.4, -0.2) is 33.1 Å². The molecule has 2 rings (SSSR count). The standard InChI is InChI=1S/C13H20ClN5O2/c1-6-7(5-20)3-4-13(6,2)19-11-8(10(15)21)9(14)17-12(16)18-11/h6-7,20H,3-5H2,1-2H3,(H2,15,21)(H3,16,17,18,19). The fourth-order valence-corrected chi connectivity index (χ4v) is 3.21. The van der Waals surface area contributed by atoms with Crippen LogP contribution in [-0.2, 0) is 0 Å². The summed E-state index contributed by atoms with van der Waals surface area (Å²) < 4.78 is 0. The zero-order chi connectivity index (χ0) is 15.8. The minimum Gasteiger partial charge on any atom is -0.396 e. The second-order valence-corrected chi connectivity index (χ2v) is 6.13. The van der Waals surface area contributed by atoms with E-state index in [1.807, 2.05) is 6.92 Å². The van der Waals surface area contributed by atoms with Crippen LogP contribution in [0.15, 0.2) is 0 Å². The number of carbonyl (C=O) groups is 1. The third kappa shape index (κ3) is 2.89. The molecular weight excluding hydrogens is 294 g/mol. The Morgan fingerprint density at radius 2 is 2.24 bits per heavy atom. The lowest BCUT2D eigenvalue weighted by Crippen LogP contribution is -2.40. The second kappa shape index (κ2) is 5.65. The molecule has 0 aromatic carbocycles. The van der Waals surface area contributed by atoms with Crippen LogP contribution in [0.1, 0.15) is 37.0 Å². The number of rotatable bonds is 4. The molecule has 0 spiro atoms. The van der Waals surface area contributed by atoms with Crippen molar-refractivity contribution in [2.45, 2.75) is 32.2 Å². The van der Waals surface area contributed by atoms with E-state index < -0.39 is 5.91 Å². The van der Waals surface area contributed by atoms with Crippen LogP contribution < -0.4 is 16.8 Å². The highest BCUT2D eigenvalue weighted by atomic mass is 35.5. The summed E-state index contributed by atoms with van der Waals surface area (Å²) in [6, 6.07) is 0. The monoisotopic (exact) mass is 313 g/mol. The van der Waals surface area contributed by atoms with E-state index in [0.717, 1.165) is 12.8 Å². The summed E-state index contributed by atoms with van der Waals surface area (Å²) in [5.74, 6) is -0.101. The fourth-order valence-electron chi connectivity index (χ4n) is 2.94. The minimum atomic E-state index is -0.713. The molecule has 1 aromatic heterocycles. The Bertz CT molecular complexity index is 568. The third-order valence-electron chi connectivity index (χ3n) is 4.51. The van der Waals surface area contributed by atoms with Crippen molar-refractivity contribution in [2.75, 3.05) is 17.7 Å². The Labute approximate surface area is 128 Å². The number of hydrogen-bond donors (Lipinski definition) is 4. The maximum absolute atomic E-state index is 11.6. The van der Waals surface area contributed by atoms with Gasteiger partial charge < -0.3 is 21.9 Å². The number of aliphatic hydroxyl groups is 1. The van der Waals surface area contributed by atoms with Crippen molar-refractivity contribution in [1.29, 1.82) is 0 Å². The largest absolute Gasteiger partial charge is 0.396 e. The number of hydrogen-bond acceptors (Lipinski definition) is 6. The maximum atomic E-state index is 11.6. The first kappa shape index (κ1) is 15.8. The highest BCUT2D eigenvalue weighted by Gasteiger charge is 2.42. The highest BCUT2D eigenvalue weighted by Crippen LogP contribution is 2.42. The van der Waals surface area contributed by atoms with Gasteiger partial charge in [-0.15, -0.1) is 0 Å². The number of nitrogen functional groups attached to an aromatic ring is 1. The quantitative estimate of drug-likeness (QED) is 0.615. The zero-order valence-electron chi connectivity index (χ0n) is 12.1. The number of anilines is 2. The van der Waals surface area contributed by atoms with Crippen molar-refractivity contribution in [2.24, 2.45) is 17.6 Å². The van der Waals surface area contributed by atoms with Crippen LogP contribution in [0, 0.1) is 11.8 Å². The van der Waals surface area contributed by atoms with E-state index in [0.29, 0.717) is 0 Å². The van der Waals surface area contributed by atoms with E-state index >= 15 is 0 Å². The van der Waals surface area contributed by atoms with Gasteiger partial charge in [-0.05, 0) is 31.6 Å². The number of carbonyl (C=O) groups excluding carboxylic acids is 1. The van der Waals surface area contributed by atoms with Crippen LogP contribution in [0.25, 0.3) is 0 Å². The van der Waals surface area contributed by atoms with E-state index in [-0.39, 0.29) is 46.5 Å². The van der Waals surface area contributed by atoms with Crippen molar-refractivity contribution in [3.05, 3.63) is 10.7 Å². The summed E-state index contributed by atoms with van der Waals surface area (Å²) in [5, 5.41) is 12.6. The first-order chi connectivity index (χ1) is 9.78. The number of nitrogens with zero attached hydrogens (tertiary/aromatic N) is 2. The topological polar surface area (TPSA) is 127 Å². The van der Waals surface area contributed by atoms with E-state index in [1.54, 1.807) is 0 Å². The summed E-state index contributed by atoms with van der Waals surface area (Å²) in [5.41, 5.74) is 10.6. The Morgan fingerprint density at radius 3 is 2.76 bits per heavy atom. The van der Waals surface area contributed by atoms with Crippen LogP contribution in [0.5, 0.6) is 0 Å². The Morgan fingerprint density at radius 1 is 1.57 bits per heavy atom. The SMILES string of the molecule is CC1C(CO)CCC1(C)Nc1nc(N)nc(Cl)c1C(N)=O. The molecule has 0 saturated heterocycles. The van der Waals surface area contributed by atoms with Crippen molar-refractivity contribution < 1.29 is 9.90 Å². The molecule has 1 heterocycles. The van der Waals surface area contributed by atoms with Gasteiger partial charge in [-0.2, -0.15) is 4.98 Å². The molecule has 7 nitrogen and oxygen atoms in total. The number of nitrogens with one attached hydrogen (secondary N) is 1. The van der Waals surface area contributed by atoms with Crippen LogP contribution >= 0.6 is 11.6 Å². The number of aliphatic hydroxyl groups excluding tert-OH is 1. The van der Waals surface area contributed by atoms with Crippen molar-refractivity contribution >= 4 is 29.3 Å². The average molecular weight is 314 g/mol. The maximum Gasteiger partial charge on any atom is 0.255 e. The lowest BCUT2D eigenvalue weighted by atomic mass is 9.86. The van der Waals surface area contributed by atoms with Crippen molar-refractivity contribution in [3.8, 4) is 0 Å².